The van der Waals surface area contributed by atoms with Gasteiger partial charge in [-0.15, -0.1) is 0 Å². The number of benzene rings is 1. The molecule has 1 aromatic carbocycles. The number of hydrogen-bond acceptors (Lipinski definition) is 4. The average molecular weight is 281 g/mol. The van der Waals surface area contributed by atoms with Crippen molar-refractivity contribution in [3.63, 3.8) is 0 Å². The second-order valence-electron chi connectivity index (χ2n) is 4.21. The van der Waals surface area contributed by atoms with E-state index in [9.17, 15) is 9.59 Å². The van der Waals surface area contributed by atoms with Crippen LogP contribution in [-0.4, -0.2) is 43.9 Å². The second kappa shape index (κ2) is 8.16. The number of methoxy groups -OCH3 is 2. The van der Waals surface area contributed by atoms with Gasteiger partial charge in [0.15, 0.2) is 6.10 Å². The molecule has 0 saturated heterocycles. The van der Waals surface area contributed by atoms with E-state index in [0.29, 0.717) is 12.8 Å². The van der Waals surface area contributed by atoms with Gasteiger partial charge in [-0.25, -0.2) is 4.79 Å². The zero-order valence-electron chi connectivity index (χ0n) is 11.6. The van der Waals surface area contributed by atoms with Crippen molar-refractivity contribution < 1.29 is 24.2 Å². The molecule has 1 atom stereocenters. The lowest BCUT2D eigenvalue weighted by molar-refractivity contribution is -0.148. The molecule has 6 heteroatoms. The maximum atomic E-state index is 11.6. The van der Waals surface area contributed by atoms with Gasteiger partial charge in [-0.1, -0.05) is 12.1 Å². The van der Waals surface area contributed by atoms with Crippen LogP contribution in [0.25, 0.3) is 0 Å². The van der Waals surface area contributed by atoms with Gasteiger partial charge in [-0.05, 0) is 24.1 Å². The Labute approximate surface area is 117 Å². The highest BCUT2D eigenvalue weighted by molar-refractivity contribution is 5.78. The van der Waals surface area contributed by atoms with E-state index in [4.69, 9.17) is 14.6 Å². The zero-order valence-corrected chi connectivity index (χ0v) is 11.6. The van der Waals surface area contributed by atoms with E-state index in [0.717, 1.165) is 11.3 Å². The van der Waals surface area contributed by atoms with Gasteiger partial charge in [-0.3, -0.25) is 4.79 Å². The van der Waals surface area contributed by atoms with Crippen LogP contribution in [0.15, 0.2) is 24.3 Å². The Morgan fingerprint density at radius 1 is 1.25 bits per heavy atom. The molecule has 20 heavy (non-hydrogen) atoms. The van der Waals surface area contributed by atoms with Gasteiger partial charge in [0.1, 0.15) is 5.75 Å². The predicted octanol–water partition coefficient (Wildman–Crippen LogP) is 0.844. The number of aliphatic carboxylic acids is 1. The van der Waals surface area contributed by atoms with Crippen molar-refractivity contribution in [3.05, 3.63) is 29.8 Å². The van der Waals surface area contributed by atoms with Gasteiger partial charge < -0.3 is 19.9 Å². The lowest BCUT2D eigenvalue weighted by atomic mass is 10.1. The fourth-order valence-electron chi connectivity index (χ4n) is 1.62. The van der Waals surface area contributed by atoms with Crippen molar-refractivity contribution in [3.8, 4) is 5.75 Å². The Balaban J connectivity index is 2.33. The van der Waals surface area contributed by atoms with E-state index >= 15 is 0 Å². The van der Waals surface area contributed by atoms with Crippen LogP contribution >= 0.6 is 0 Å². The van der Waals surface area contributed by atoms with Gasteiger partial charge in [0.25, 0.3) is 0 Å². The normalized spacial score (nSPS) is 11.7. The van der Waals surface area contributed by atoms with Crippen LogP contribution in [0.3, 0.4) is 0 Å². The first-order valence-electron chi connectivity index (χ1n) is 6.22. The van der Waals surface area contributed by atoms with Crippen LogP contribution in [-0.2, 0) is 20.7 Å². The van der Waals surface area contributed by atoms with Crippen molar-refractivity contribution in [1.82, 2.24) is 5.32 Å². The minimum Gasteiger partial charge on any atom is -0.497 e. The van der Waals surface area contributed by atoms with Crippen molar-refractivity contribution in [1.29, 1.82) is 0 Å². The van der Waals surface area contributed by atoms with Crippen LogP contribution in [0.5, 0.6) is 5.75 Å². The van der Waals surface area contributed by atoms with Crippen molar-refractivity contribution in [2.24, 2.45) is 0 Å². The summed E-state index contributed by atoms with van der Waals surface area (Å²) in [5.41, 5.74) is 1.02. The standard InChI is InChI=1S/C14H19NO5/c1-19-11-6-3-10(4-7-11)5-8-13(16)15-9-12(20-2)14(17)18/h3-4,6-7,12H,5,8-9H2,1-2H3,(H,15,16)(H,17,18). The first-order valence-corrected chi connectivity index (χ1v) is 6.22. The van der Waals surface area contributed by atoms with E-state index in [1.54, 1.807) is 7.11 Å². The number of ether oxygens (including phenoxy) is 2. The Hall–Kier alpha value is -2.08. The second-order valence-corrected chi connectivity index (χ2v) is 4.21. The maximum absolute atomic E-state index is 11.6. The number of carboxylic acid groups (broad SMARTS) is 1. The number of carboxylic acids is 1. The van der Waals surface area contributed by atoms with Crippen molar-refractivity contribution >= 4 is 11.9 Å². The number of aryl methyl sites for hydroxylation is 1. The third kappa shape index (κ3) is 5.27. The van der Waals surface area contributed by atoms with Crippen LogP contribution in [0, 0.1) is 0 Å². The minimum atomic E-state index is -1.09. The molecule has 1 amide bonds. The van der Waals surface area contributed by atoms with E-state index in [1.807, 2.05) is 24.3 Å². The molecule has 0 aliphatic carbocycles. The number of hydrogen-bond donors (Lipinski definition) is 2. The van der Waals surface area contributed by atoms with E-state index in [1.165, 1.54) is 7.11 Å². The van der Waals surface area contributed by atoms with Crippen molar-refractivity contribution in [2.75, 3.05) is 20.8 Å². The highest BCUT2D eigenvalue weighted by Gasteiger charge is 2.16. The molecule has 0 radical (unpaired) electrons. The SMILES string of the molecule is COc1ccc(CCC(=O)NCC(OC)C(=O)O)cc1. The maximum Gasteiger partial charge on any atom is 0.334 e. The van der Waals surface area contributed by atoms with Gasteiger partial charge >= 0.3 is 5.97 Å². The summed E-state index contributed by atoms with van der Waals surface area (Å²) in [6.45, 7) is -0.0344. The Kier molecular flexibility index (Phi) is 6.52. The molecule has 0 heterocycles. The smallest absolute Gasteiger partial charge is 0.334 e. The van der Waals surface area contributed by atoms with Gasteiger partial charge in [-0.2, -0.15) is 0 Å². The Morgan fingerprint density at radius 2 is 1.90 bits per heavy atom. The molecule has 0 fully saturated rings. The quantitative estimate of drug-likeness (QED) is 0.737. The highest BCUT2D eigenvalue weighted by Crippen LogP contribution is 2.12. The number of nitrogens with one attached hydrogen (secondary N) is 1. The van der Waals surface area contributed by atoms with E-state index in [-0.39, 0.29) is 12.5 Å². The summed E-state index contributed by atoms with van der Waals surface area (Å²) >= 11 is 0. The average Bonchev–Trinajstić information content (AvgIpc) is 2.46. The molecule has 2 N–H and O–H groups in total. The van der Waals surface area contributed by atoms with Crippen molar-refractivity contribution in [2.45, 2.75) is 18.9 Å². The molecule has 1 rings (SSSR count). The summed E-state index contributed by atoms with van der Waals surface area (Å²) in [4.78, 5) is 22.3. The number of rotatable bonds is 8. The summed E-state index contributed by atoms with van der Waals surface area (Å²) in [6, 6.07) is 7.44. The Bertz CT molecular complexity index is 443. The molecule has 6 nitrogen and oxygen atoms in total. The highest BCUT2D eigenvalue weighted by atomic mass is 16.5. The lowest BCUT2D eigenvalue weighted by Gasteiger charge is -2.11. The molecular formula is C14H19NO5. The molecule has 0 saturated carbocycles. The topological polar surface area (TPSA) is 84.9 Å². The third-order valence-corrected chi connectivity index (χ3v) is 2.84. The van der Waals surface area contributed by atoms with E-state index < -0.39 is 12.1 Å². The third-order valence-electron chi connectivity index (χ3n) is 2.84. The number of carbonyl (C=O) groups excluding carboxylic acids is 1. The first-order chi connectivity index (χ1) is 9.56. The molecule has 0 bridgehead atoms. The van der Waals surface area contributed by atoms with Crippen LogP contribution in [0.2, 0.25) is 0 Å². The number of amides is 1. The fraction of sp³-hybridized carbons (Fsp3) is 0.429. The molecule has 1 aromatic rings. The Morgan fingerprint density at radius 3 is 2.40 bits per heavy atom. The summed E-state index contributed by atoms with van der Waals surface area (Å²) < 4.78 is 9.77. The summed E-state index contributed by atoms with van der Waals surface area (Å²) in [5, 5.41) is 11.3. The monoisotopic (exact) mass is 281 g/mol. The predicted molar refractivity (Wildman–Crippen MR) is 72.8 cm³/mol. The summed E-state index contributed by atoms with van der Waals surface area (Å²) in [7, 11) is 2.89. The number of carbonyl (C=O) groups is 2. The molecule has 0 aliphatic rings. The van der Waals surface area contributed by atoms with Crippen LogP contribution in [0.1, 0.15) is 12.0 Å². The fourth-order valence-corrected chi connectivity index (χ4v) is 1.62. The first kappa shape index (κ1) is 16.0. The van der Waals surface area contributed by atoms with Crippen LogP contribution < -0.4 is 10.1 Å². The largest absolute Gasteiger partial charge is 0.497 e. The van der Waals surface area contributed by atoms with Gasteiger partial charge in [0.2, 0.25) is 5.91 Å². The summed E-state index contributed by atoms with van der Waals surface area (Å²) in [6.07, 6.45) is -0.136. The zero-order chi connectivity index (χ0) is 15.0. The molecule has 0 aromatic heterocycles. The molecule has 110 valence electrons. The van der Waals surface area contributed by atoms with E-state index in [2.05, 4.69) is 5.32 Å². The van der Waals surface area contributed by atoms with Gasteiger partial charge in [0, 0.05) is 13.5 Å². The van der Waals surface area contributed by atoms with Gasteiger partial charge in [0.05, 0.1) is 13.7 Å². The molecule has 1 unspecified atom stereocenters. The minimum absolute atomic E-state index is 0.0344. The molecule has 0 aliphatic heterocycles. The molecular weight excluding hydrogens is 262 g/mol. The molecule has 0 spiro atoms. The summed E-state index contributed by atoms with van der Waals surface area (Å²) in [5.74, 6) is -0.533. The lowest BCUT2D eigenvalue weighted by Crippen LogP contribution is -2.37. The van der Waals surface area contributed by atoms with Crippen LogP contribution in [0.4, 0.5) is 0 Å².